The molecular formula is C27H31N5O3. The van der Waals surface area contributed by atoms with E-state index in [4.69, 9.17) is 4.74 Å². The summed E-state index contributed by atoms with van der Waals surface area (Å²) < 4.78 is 7.21. The van der Waals surface area contributed by atoms with Gasteiger partial charge in [-0.1, -0.05) is 12.1 Å². The number of anilines is 1. The fourth-order valence-corrected chi connectivity index (χ4v) is 5.15. The first-order valence-corrected chi connectivity index (χ1v) is 12.2. The van der Waals surface area contributed by atoms with E-state index in [1.54, 1.807) is 26.3 Å². The van der Waals surface area contributed by atoms with Gasteiger partial charge >= 0.3 is 0 Å². The first-order valence-electron chi connectivity index (χ1n) is 12.2. The number of aryl methyl sites for hydroxylation is 2. The third-order valence-corrected chi connectivity index (χ3v) is 7.00. The van der Waals surface area contributed by atoms with Crippen LogP contribution in [0.25, 0.3) is 0 Å². The molecule has 0 aliphatic carbocycles. The summed E-state index contributed by atoms with van der Waals surface area (Å²) >= 11 is 0. The number of hydrogen-bond donors (Lipinski definition) is 1. The highest BCUT2D eigenvalue weighted by Gasteiger charge is 2.32. The second-order valence-electron chi connectivity index (χ2n) is 9.41. The molecule has 1 amide bonds. The number of rotatable bonds is 8. The lowest BCUT2D eigenvalue weighted by Crippen LogP contribution is -2.42. The van der Waals surface area contributed by atoms with Crippen molar-refractivity contribution in [2.75, 3.05) is 19.0 Å². The van der Waals surface area contributed by atoms with E-state index in [0.717, 1.165) is 42.6 Å². The SMILES string of the molecule is COc1ccc([C@H](CC(C)=O)N2CCn3cc(CCC4CCc5cccnc5N4)cc3C2=O)cn1. The van der Waals surface area contributed by atoms with Crippen LogP contribution in [0.2, 0.25) is 0 Å². The smallest absolute Gasteiger partial charge is 0.271 e. The Morgan fingerprint density at radius 2 is 2.14 bits per heavy atom. The summed E-state index contributed by atoms with van der Waals surface area (Å²) in [5.41, 5.74) is 3.97. The number of aromatic nitrogens is 3. The third kappa shape index (κ3) is 4.92. The van der Waals surface area contributed by atoms with Crippen LogP contribution in [0.1, 0.15) is 59.4 Å². The number of pyridine rings is 2. The molecule has 0 spiro atoms. The Balaban J connectivity index is 1.28. The van der Waals surface area contributed by atoms with E-state index in [2.05, 4.69) is 32.1 Å². The summed E-state index contributed by atoms with van der Waals surface area (Å²) in [6, 6.07) is 9.82. The van der Waals surface area contributed by atoms with Gasteiger partial charge in [0.1, 0.15) is 17.3 Å². The normalized spacial score (nSPS) is 17.8. The number of nitrogens with one attached hydrogen (secondary N) is 1. The van der Waals surface area contributed by atoms with E-state index in [1.807, 2.05) is 29.3 Å². The van der Waals surface area contributed by atoms with Gasteiger partial charge in [-0.05, 0) is 61.4 Å². The molecule has 2 aliphatic heterocycles. The van der Waals surface area contributed by atoms with Gasteiger partial charge in [0.15, 0.2) is 0 Å². The van der Waals surface area contributed by atoms with Crippen LogP contribution in [0.3, 0.4) is 0 Å². The number of ether oxygens (including phenoxy) is 1. The zero-order valence-electron chi connectivity index (χ0n) is 20.2. The molecule has 1 unspecified atom stereocenters. The van der Waals surface area contributed by atoms with Gasteiger partial charge in [-0.15, -0.1) is 0 Å². The lowest BCUT2D eigenvalue weighted by atomic mass is 9.96. The molecule has 3 aromatic rings. The zero-order chi connectivity index (χ0) is 24.4. The maximum absolute atomic E-state index is 13.5. The fourth-order valence-electron chi connectivity index (χ4n) is 5.15. The van der Waals surface area contributed by atoms with Gasteiger partial charge in [-0.3, -0.25) is 9.59 Å². The van der Waals surface area contributed by atoms with Gasteiger partial charge in [-0.25, -0.2) is 9.97 Å². The van der Waals surface area contributed by atoms with Crippen LogP contribution in [-0.2, 0) is 24.2 Å². The first-order chi connectivity index (χ1) is 17.0. The average Bonchev–Trinajstić information content (AvgIpc) is 3.30. The molecule has 5 rings (SSSR count). The number of methoxy groups -OCH3 is 1. The average molecular weight is 474 g/mol. The van der Waals surface area contributed by atoms with Gasteiger partial charge in [-0.2, -0.15) is 0 Å². The summed E-state index contributed by atoms with van der Waals surface area (Å²) in [5.74, 6) is 1.50. The zero-order valence-corrected chi connectivity index (χ0v) is 20.2. The Kier molecular flexibility index (Phi) is 6.53. The first kappa shape index (κ1) is 23.1. The molecule has 2 atom stereocenters. The molecule has 0 radical (unpaired) electrons. The monoisotopic (exact) mass is 473 g/mol. The van der Waals surface area contributed by atoms with Crippen LogP contribution in [0, 0.1) is 0 Å². The van der Waals surface area contributed by atoms with Gasteiger partial charge in [0.2, 0.25) is 5.88 Å². The number of carbonyl (C=O) groups excluding carboxylic acids is 2. The van der Waals surface area contributed by atoms with Crippen molar-refractivity contribution in [3.63, 3.8) is 0 Å². The van der Waals surface area contributed by atoms with Gasteiger partial charge in [0.25, 0.3) is 5.91 Å². The number of amides is 1. The minimum Gasteiger partial charge on any atom is -0.481 e. The van der Waals surface area contributed by atoms with E-state index in [-0.39, 0.29) is 24.2 Å². The van der Waals surface area contributed by atoms with Crippen molar-refractivity contribution in [3.8, 4) is 5.88 Å². The predicted molar refractivity (Wildman–Crippen MR) is 133 cm³/mol. The van der Waals surface area contributed by atoms with E-state index < -0.39 is 0 Å². The minimum atomic E-state index is -0.343. The van der Waals surface area contributed by atoms with Crippen LogP contribution in [-0.4, -0.2) is 50.8 Å². The lowest BCUT2D eigenvalue weighted by Gasteiger charge is -2.35. The van der Waals surface area contributed by atoms with Crippen molar-refractivity contribution in [2.45, 2.75) is 57.7 Å². The molecule has 8 nitrogen and oxygen atoms in total. The second-order valence-corrected chi connectivity index (χ2v) is 9.41. The molecule has 8 heteroatoms. The molecule has 0 saturated heterocycles. The van der Waals surface area contributed by atoms with Crippen molar-refractivity contribution in [1.82, 2.24) is 19.4 Å². The third-order valence-electron chi connectivity index (χ3n) is 7.00. The van der Waals surface area contributed by atoms with E-state index in [1.165, 1.54) is 5.56 Å². The van der Waals surface area contributed by atoms with Crippen LogP contribution < -0.4 is 10.1 Å². The number of ketones is 1. The molecule has 0 bridgehead atoms. The Hall–Kier alpha value is -3.68. The van der Waals surface area contributed by atoms with Crippen molar-refractivity contribution in [3.05, 3.63) is 71.3 Å². The highest BCUT2D eigenvalue weighted by Crippen LogP contribution is 2.30. The Bertz CT molecular complexity index is 1220. The number of Topliss-reactive ketones (excluding diaryl/α,β-unsaturated/α-hetero) is 1. The molecule has 5 heterocycles. The fraction of sp³-hybridized carbons (Fsp3) is 0.407. The summed E-state index contributed by atoms with van der Waals surface area (Å²) in [6.07, 6.45) is 9.90. The maximum atomic E-state index is 13.5. The van der Waals surface area contributed by atoms with Gasteiger partial charge < -0.3 is 19.5 Å². The largest absolute Gasteiger partial charge is 0.481 e. The lowest BCUT2D eigenvalue weighted by molar-refractivity contribution is -0.118. The summed E-state index contributed by atoms with van der Waals surface area (Å²) in [7, 11) is 1.56. The molecule has 35 heavy (non-hydrogen) atoms. The summed E-state index contributed by atoms with van der Waals surface area (Å²) in [4.78, 5) is 36.2. The molecule has 0 saturated carbocycles. The molecule has 2 aliphatic rings. The van der Waals surface area contributed by atoms with Crippen LogP contribution >= 0.6 is 0 Å². The molecule has 0 aromatic carbocycles. The van der Waals surface area contributed by atoms with Crippen LogP contribution in [0.5, 0.6) is 5.88 Å². The molecule has 3 aromatic heterocycles. The molecule has 182 valence electrons. The van der Waals surface area contributed by atoms with Crippen LogP contribution in [0.4, 0.5) is 5.82 Å². The van der Waals surface area contributed by atoms with Gasteiger partial charge in [0, 0.05) is 50.2 Å². The van der Waals surface area contributed by atoms with Crippen molar-refractivity contribution in [1.29, 1.82) is 0 Å². The predicted octanol–water partition coefficient (Wildman–Crippen LogP) is 3.82. The van der Waals surface area contributed by atoms with Crippen molar-refractivity contribution >= 4 is 17.5 Å². The maximum Gasteiger partial charge on any atom is 0.271 e. The topological polar surface area (TPSA) is 89.4 Å². The molecule has 0 fully saturated rings. The van der Waals surface area contributed by atoms with Crippen LogP contribution in [0.15, 0.2) is 48.9 Å². The Morgan fingerprint density at radius 3 is 2.91 bits per heavy atom. The van der Waals surface area contributed by atoms with E-state index in [0.29, 0.717) is 30.7 Å². The number of nitrogens with zero attached hydrogens (tertiary/aromatic N) is 4. The Labute approximate surface area is 205 Å². The van der Waals surface area contributed by atoms with E-state index in [9.17, 15) is 9.59 Å². The number of carbonyl (C=O) groups is 2. The second kappa shape index (κ2) is 9.90. The molecule has 1 N–H and O–H groups in total. The standard InChI is InChI=1S/C27H31N5O3/c1-18(33)14-23(21-7-10-25(35-2)29-16-21)32-13-12-31-17-19(15-24(31)27(32)34)5-8-22-9-6-20-4-3-11-28-26(20)30-22/h3-4,7,10-11,15-17,22-23H,5-6,8-9,12-14H2,1-2H3,(H,28,30)/t22?,23-/m0/s1. The molecular weight excluding hydrogens is 442 g/mol. The summed E-state index contributed by atoms with van der Waals surface area (Å²) in [5, 5.41) is 3.56. The Morgan fingerprint density at radius 1 is 1.26 bits per heavy atom. The number of fused-ring (bicyclic) bond motifs is 2. The number of hydrogen-bond acceptors (Lipinski definition) is 6. The van der Waals surface area contributed by atoms with Gasteiger partial charge in [0.05, 0.1) is 13.2 Å². The van der Waals surface area contributed by atoms with Crippen molar-refractivity contribution < 1.29 is 14.3 Å². The minimum absolute atomic E-state index is 0.0382. The van der Waals surface area contributed by atoms with E-state index >= 15 is 0 Å². The quantitative estimate of drug-likeness (QED) is 0.535. The summed E-state index contributed by atoms with van der Waals surface area (Å²) in [6.45, 7) is 2.82. The highest BCUT2D eigenvalue weighted by atomic mass is 16.5. The van der Waals surface area contributed by atoms with Crippen molar-refractivity contribution in [2.24, 2.45) is 0 Å². The highest BCUT2D eigenvalue weighted by molar-refractivity contribution is 5.94.